The van der Waals surface area contributed by atoms with Crippen LogP contribution in [0.15, 0.2) is 59.5 Å². The smallest absolute Gasteiger partial charge is 0.152 e. The van der Waals surface area contributed by atoms with Crippen molar-refractivity contribution in [2.24, 2.45) is 0 Å². The lowest BCUT2D eigenvalue weighted by atomic mass is 10.1. The van der Waals surface area contributed by atoms with Gasteiger partial charge in [-0.15, -0.1) is 0 Å². The maximum Gasteiger partial charge on any atom is 0.152 e. The molecular formula is C15H14O2S. The Bertz CT molecular complexity index is 514. The van der Waals surface area contributed by atoms with Gasteiger partial charge in [0.15, 0.2) is 4.93 Å². The zero-order valence-electron chi connectivity index (χ0n) is 9.87. The summed E-state index contributed by atoms with van der Waals surface area (Å²) in [6.07, 6.45) is 0.640. The number of hydrogen-bond donors (Lipinski definition) is 1. The number of benzene rings is 2. The molecular weight excluding hydrogens is 244 g/mol. The Labute approximate surface area is 111 Å². The molecule has 1 unspecified atom stereocenters. The van der Waals surface area contributed by atoms with E-state index in [4.69, 9.17) is 4.74 Å². The van der Waals surface area contributed by atoms with Crippen LogP contribution in [0.3, 0.4) is 0 Å². The van der Waals surface area contributed by atoms with Crippen molar-refractivity contribution in [3.63, 3.8) is 0 Å². The predicted molar refractivity (Wildman–Crippen MR) is 72.9 cm³/mol. The Morgan fingerprint density at radius 1 is 1.06 bits per heavy atom. The van der Waals surface area contributed by atoms with Crippen LogP contribution in [0.5, 0.6) is 5.75 Å². The van der Waals surface area contributed by atoms with Crippen molar-refractivity contribution in [2.75, 3.05) is 6.61 Å². The Hall–Kier alpha value is -1.45. The molecule has 3 rings (SSSR count). The molecule has 0 saturated heterocycles. The van der Waals surface area contributed by atoms with E-state index in [0.29, 0.717) is 13.0 Å². The zero-order valence-corrected chi connectivity index (χ0v) is 10.7. The van der Waals surface area contributed by atoms with Crippen LogP contribution in [0.2, 0.25) is 0 Å². The van der Waals surface area contributed by atoms with Crippen LogP contribution >= 0.6 is 11.8 Å². The standard InChI is InChI=1S/C15H14O2S/c16-15(11-17-13-7-2-1-3-8-13)10-12-6-4-5-9-14(12)18-15/h1-9,16H,10-11H2. The van der Waals surface area contributed by atoms with Crippen molar-refractivity contribution < 1.29 is 9.84 Å². The maximum absolute atomic E-state index is 10.5. The molecule has 1 N–H and O–H groups in total. The normalized spacial score (nSPS) is 21.6. The summed E-state index contributed by atoms with van der Waals surface area (Å²) in [6.45, 7) is 0.302. The summed E-state index contributed by atoms with van der Waals surface area (Å²) in [5.74, 6) is 0.794. The molecule has 1 heterocycles. The molecule has 1 aliphatic rings. The van der Waals surface area contributed by atoms with Gasteiger partial charge in [-0.05, 0) is 23.8 Å². The summed E-state index contributed by atoms with van der Waals surface area (Å²) in [6, 6.07) is 17.7. The van der Waals surface area contributed by atoms with Gasteiger partial charge in [0.2, 0.25) is 0 Å². The summed E-state index contributed by atoms with van der Waals surface area (Å²) in [4.78, 5) is 0.302. The maximum atomic E-state index is 10.5. The van der Waals surface area contributed by atoms with E-state index in [-0.39, 0.29) is 0 Å². The van der Waals surface area contributed by atoms with Crippen molar-refractivity contribution >= 4 is 11.8 Å². The average Bonchev–Trinajstić information content (AvgIpc) is 2.74. The van der Waals surface area contributed by atoms with Crippen LogP contribution in [0.4, 0.5) is 0 Å². The molecule has 3 heteroatoms. The SMILES string of the molecule is OC1(COc2ccccc2)Cc2ccccc2S1. The largest absolute Gasteiger partial charge is 0.490 e. The quantitative estimate of drug-likeness (QED) is 0.917. The summed E-state index contributed by atoms with van der Waals surface area (Å²) in [5, 5.41) is 10.5. The van der Waals surface area contributed by atoms with Crippen molar-refractivity contribution in [3.8, 4) is 5.75 Å². The third kappa shape index (κ3) is 2.37. The third-order valence-corrected chi connectivity index (χ3v) is 4.21. The lowest BCUT2D eigenvalue weighted by molar-refractivity contribution is 0.0797. The molecule has 92 valence electrons. The monoisotopic (exact) mass is 258 g/mol. The minimum atomic E-state index is -0.848. The first-order chi connectivity index (χ1) is 8.75. The lowest BCUT2D eigenvalue weighted by Crippen LogP contribution is -2.31. The van der Waals surface area contributed by atoms with E-state index in [2.05, 4.69) is 6.07 Å². The molecule has 2 aromatic rings. The van der Waals surface area contributed by atoms with Crippen molar-refractivity contribution in [3.05, 3.63) is 60.2 Å². The van der Waals surface area contributed by atoms with Gasteiger partial charge in [-0.25, -0.2) is 0 Å². The number of para-hydroxylation sites is 1. The number of hydrogen-bond acceptors (Lipinski definition) is 3. The Kier molecular flexibility index (Phi) is 3.02. The van der Waals surface area contributed by atoms with Crippen molar-refractivity contribution in [1.82, 2.24) is 0 Å². The highest BCUT2D eigenvalue weighted by Gasteiger charge is 2.36. The van der Waals surface area contributed by atoms with Crippen LogP contribution in [-0.2, 0) is 6.42 Å². The van der Waals surface area contributed by atoms with Gasteiger partial charge in [0.25, 0.3) is 0 Å². The summed E-state index contributed by atoms with van der Waals surface area (Å²) in [5.41, 5.74) is 1.20. The van der Waals surface area contributed by atoms with E-state index < -0.39 is 4.93 Å². The third-order valence-electron chi connectivity index (χ3n) is 2.95. The molecule has 1 aliphatic heterocycles. The molecule has 0 bridgehead atoms. The van der Waals surface area contributed by atoms with Gasteiger partial charge in [0.1, 0.15) is 12.4 Å². The van der Waals surface area contributed by atoms with Gasteiger partial charge in [0.05, 0.1) is 0 Å². The molecule has 0 saturated carbocycles. The minimum Gasteiger partial charge on any atom is -0.490 e. The number of aliphatic hydroxyl groups is 1. The van der Waals surface area contributed by atoms with E-state index in [0.717, 1.165) is 10.6 Å². The molecule has 1 atom stereocenters. The second kappa shape index (κ2) is 4.67. The van der Waals surface area contributed by atoms with Gasteiger partial charge in [-0.1, -0.05) is 48.2 Å². The Morgan fingerprint density at radius 3 is 2.56 bits per heavy atom. The number of rotatable bonds is 3. The highest BCUT2D eigenvalue weighted by Crippen LogP contribution is 2.43. The summed E-state index contributed by atoms with van der Waals surface area (Å²) >= 11 is 1.49. The second-order valence-corrected chi connectivity index (χ2v) is 5.84. The summed E-state index contributed by atoms with van der Waals surface area (Å²) in [7, 11) is 0. The van der Waals surface area contributed by atoms with E-state index in [1.165, 1.54) is 17.3 Å². The van der Waals surface area contributed by atoms with Crippen molar-refractivity contribution in [2.45, 2.75) is 16.2 Å². The van der Waals surface area contributed by atoms with Crippen LogP contribution in [0, 0.1) is 0 Å². The van der Waals surface area contributed by atoms with E-state index in [1.807, 2.05) is 48.5 Å². The molecule has 18 heavy (non-hydrogen) atoms. The predicted octanol–water partition coefficient (Wildman–Crippen LogP) is 3.10. The Balaban J connectivity index is 1.68. The van der Waals surface area contributed by atoms with E-state index in [1.54, 1.807) is 0 Å². The van der Waals surface area contributed by atoms with Gasteiger partial charge in [0, 0.05) is 11.3 Å². The summed E-state index contributed by atoms with van der Waals surface area (Å²) < 4.78 is 5.65. The highest BCUT2D eigenvalue weighted by atomic mass is 32.2. The van der Waals surface area contributed by atoms with Gasteiger partial charge >= 0.3 is 0 Å². The minimum absolute atomic E-state index is 0.302. The molecule has 0 amide bonds. The van der Waals surface area contributed by atoms with Crippen LogP contribution in [0.25, 0.3) is 0 Å². The highest BCUT2D eigenvalue weighted by molar-refractivity contribution is 8.00. The lowest BCUT2D eigenvalue weighted by Gasteiger charge is -2.21. The van der Waals surface area contributed by atoms with E-state index in [9.17, 15) is 5.11 Å². The van der Waals surface area contributed by atoms with Crippen molar-refractivity contribution in [1.29, 1.82) is 0 Å². The Morgan fingerprint density at radius 2 is 1.78 bits per heavy atom. The fraction of sp³-hybridized carbons (Fsp3) is 0.200. The number of fused-ring (bicyclic) bond motifs is 1. The van der Waals surface area contributed by atoms with Crippen LogP contribution in [0.1, 0.15) is 5.56 Å². The van der Waals surface area contributed by atoms with Gasteiger partial charge in [-0.2, -0.15) is 0 Å². The molecule has 2 nitrogen and oxygen atoms in total. The average molecular weight is 258 g/mol. The molecule has 0 radical (unpaired) electrons. The number of ether oxygens (including phenoxy) is 1. The molecule has 2 aromatic carbocycles. The molecule has 0 aliphatic carbocycles. The number of thioether (sulfide) groups is 1. The molecule has 0 fully saturated rings. The first-order valence-corrected chi connectivity index (χ1v) is 6.74. The molecule has 0 aromatic heterocycles. The zero-order chi connectivity index (χ0) is 12.4. The van der Waals surface area contributed by atoms with Crippen LogP contribution < -0.4 is 4.74 Å². The first kappa shape index (κ1) is 11.6. The molecule has 0 spiro atoms. The van der Waals surface area contributed by atoms with E-state index >= 15 is 0 Å². The fourth-order valence-electron chi connectivity index (χ4n) is 2.08. The topological polar surface area (TPSA) is 29.5 Å². The fourth-order valence-corrected chi connectivity index (χ4v) is 3.25. The second-order valence-electron chi connectivity index (χ2n) is 4.43. The van der Waals surface area contributed by atoms with Gasteiger partial charge in [-0.3, -0.25) is 0 Å². The first-order valence-electron chi connectivity index (χ1n) is 5.92. The van der Waals surface area contributed by atoms with Gasteiger partial charge < -0.3 is 9.84 Å². The van der Waals surface area contributed by atoms with Crippen LogP contribution in [-0.4, -0.2) is 16.6 Å².